The third-order valence-corrected chi connectivity index (χ3v) is 3.70. The van der Waals surface area contributed by atoms with E-state index in [1.807, 2.05) is 6.92 Å². The number of carbonyl (C=O) groups is 2. The third-order valence-electron chi connectivity index (χ3n) is 3.70. The molecule has 140 valence electrons. The van der Waals surface area contributed by atoms with Crippen molar-refractivity contribution in [2.75, 3.05) is 18.5 Å². The minimum atomic E-state index is -0.651. The summed E-state index contributed by atoms with van der Waals surface area (Å²) in [5.74, 6) is -0.928. The Kier molecular flexibility index (Phi) is 10.1. The van der Waals surface area contributed by atoms with Crippen molar-refractivity contribution in [1.29, 1.82) is 0 Å². The van der Waals surface area contributed by atoms with Crippen LogP contribution in [0.1, 0.15) is 69.2 Å². The Morgan fingerprint density at radius 2 is 1.64 bits per heavy atom. The number of rotatable bonds is 11. The fraction of sp³-hybridized carbons (Fsp3) is 0.579. The van der Waals surface area contributed by atoms with Crippen molar-refractivity contribution >= 4 is 17.7 Å². The van der Waals surface area contributed by atoms with Crippen LogP contribution in [0.3, 0.4) is 0 Å². The van der Waals surface area contributed by atoms with Crippen molar-refractivity contribution in [3.05, 3.63) is 23.8 Å². The molecule has 1 aromatic rings. The summed E-state index contributed by atoms with van der Waals surface area (Å²) in [7, 11) is 0. The second kappa shape index (κ2) is 12.2. The van der Waals surface area contributed by atoms with Crippen LogP contribution in [0, 0.1) is 0 Å². The molecule has 0 aliphatic carbocycles. The highest BCUT2D eigenvalue weighted by Gasteiger charge is 2.17. The van der Waals surface area contributed by atoms with E-state index in [9.17, 15) is 14.7 Å². The molecule has 0 fully saturated rings. The number of phenols is 1. The average molecular weight is 351 g/mol. The second-order valence-corrected chi connectivity index (χ2v) is 5.87. The van der Waals surface area contributed by atoms with Gasteiger partial charge in [-0.3, -0.25) is 5.32 Å². The molecule has 25 heavy (non-hydrogen) atoms. The standard InChI is InChI=1S/C19H29NO5/c1-3-5-7-8-9-14-25-19(23)20-16-12-10-11-15(17(16)21)18(22)24-13-6-4-2/h10-12,21H,3-9,13-14H2,1-2H3,(H,20,23). The number of hydrogen-bond donors (Lipinski definition) is 2. The summed E-state index contributed by atoms with van der Waals surface area (Å²) in [4.78, 5) is 23.7. The van der Waals surface area contributed by atoms with Gasteiger partial charge in [0.2, 0.25) is 0 Å². The van der Waals surface area contributed by atoms with E-state index in [-0.39, 0.29) is 17.0 Å². The van der Waals surface area contributed by atoms with E-state index >= 15 is 0 Å². The number of phenolic OH excluding ortho intramolecular Hbond substituents is 1. The zero-order valence-corrected chi connectivity index (χ0v) is 15.2. The first-order valence-corrected chi connectivity index (χ1v) is 9.03. The number of nitrogens with one attached hydrogen (secondary N) is 1. The SMILES string of the molecule is CCCCCCCOC(=O)Nc1cccc(C(=O)OCCCC)c1O. The van der Waals surface area contributed by atoms with Crippen molar-refractivity contribution in [2.45, 2.75) is 58.8 Å². The highest BCUT2D eigenvalue weighted by Crippen LogP contribution is 2.28. The summed E-state index contributed by atoms with van der Waals surface area (Å²) in [5.41, 5.74) is 0.148. The van der Waals surface area contributed by atoms with E-state index in [4.69, 9.17) is 9.47 Å². The van der Waals surface area contributed by atoms with Crippen molar-refractivity contribution in [1.82, 2.24) is 0 Å². The monoisotopic (exact) mass is 351 g/mol. The van der Waals surface area contributed by atoms with E-state index in [0.29, 0.717) is 13.2 Å². The molecule has 0 spiro atoms. The molecular weight excluding hydrogens is 322 g/mol. The van der Waals surface area contributed by atoms with Crippen molar-refractivity contribution in [3.8, 4) is 5.75 Å². The van der Waals surface area contributed by atoms with Gasteiger partial charge in [-0.15, -0.1) is 0 Å². The minimum Gasteiger partial charge on any atom is -0.505 e. The molecule has 2 N–H and O–H groups in total. The summed E-state index contributed by atoms with van der Waals surface area (Å²) in [5, 5.41) is 12.6. The van der Waals surface area contributed by atoms with Gasteiger partial charge in [0.05, 0.1) is 18.9 Å². The number of benzene rings is 1. The van der Waals surface area contributed by atoms with Gasteiger partial charge in [0.1, 0.15) is 5.56 Å². The maximum atomic E-state index is 11.9. The predicted octanol–water partition coefficient (Wildman–Crippen LogP) is 4.87. The van der Waals surface area contributed by atoms with Gasteiger partial charge in [0, 0.05) is 0 Å². The lowest BCUT2D eigenvalue weighted by atomic mass is 10.1. The van der Waals surface area contributed by atoms with Crippen LogP contribution in [0.4, 0.5) is 10.5 Å². The molecule has 0 bridgehead atoms. The molecule has 0 heterocycles. The zero-order chi connectivity index (χ0) is 18.5. The molecule has 6 heteroatoms. The van der Waals surface area contributed by atoms with Gasteiger partial charge in [-0.05, 0) is 25.0 Å². The Bertz CT molecular complexity index is 545. The first kappa shape index (κ1) is 20.8. The lowest BCUT2D eigenvalue weighted by Crippen LogP contribution is -2.15. The number of amides is 1. The van der Waals surface area contributed by atoms with Crippen LogP contribution in [0.5, 0.6) is 5.75 Å². The second-order valence-electron chi connectivity index (χ2n) is 5.87. The topological polar surface area (TPSA) is 84.9 Å². The number of hydrogen-bond acceptors (Lipinski definition) is 5. The van der Waals surface area contributed by atoms with Crippen molar-refractivity contribution < 1.29 is 24.2 Å². The molecule has 6 nitrogen and oxygen atoms in total. The van der Waals surface area contributed by atoms with Crippen LogP contribution >= 0.6 is 0 Å². The molecule has 0 aromatic heterocycles. The Labute approximate surface area is 149 Å². The Hall–Kier alpha value is -2.24. The van der Waals surface area contributed by atoms with Crippen LogP contribution in [0.2, 0.25) is 0 Å². The van der Waals surface area contributed by atoms with Gasteiger partial charge in [0.15, 0.2) is 5.75 Å². The van der Waals surface area contributed by atoms with Gasteiger partial charge in [-0.1, -0.05) is 52.0 Å². The van der Waals surface area contributed by atoms with Gasteiger partial charge in [0.25, 0.3) is 0 Å². The maximum absolute atomic E-state index is 11.9. The van der Waals surface area contributed by atoms with Gasteiger partial charge < -0.3 is 14.6 Å². The van der Waals surface area contributed by atoms with Crippen LogP contribution < -0.4 is 5.32 Å². The molecular formula is C19H29NO5. The lowest BCUT2D eigenvalue weighted by Gasteiger charge is -2.11. The number of esters is 1. The van der Waals surface area contributed by atoms with Crippen LogP contribution in [0.15, 0.2) is 18.2 Å². The molecule has 0 radical (unpaired) electrons. The average Bonchev–Trinajstić information content (AvgIpc) is 2.60. The summed E-state index contributed by atoms with van der Waals surface area (Å²) in [6, 6.07) is 4.52. The lowest BCUT2D eigenvalue weighted by molar-refractivity contribution is 0.0496. The summed E-state index contributed by atoms with van der Waals surface area (Å²) < 4.78 is 10.2. The Balaban J connectivity index is 2.48. The molecule has 0 aliphatic heterocycles. The first-order valence-electron chi connectivity index (χ1n) is 9.03. The van der Waals surface area contributed by atoms with E-state index in [1.165, 1.54) is 18.6 Å². The van der Waals surface area contributed by atoms with E-state index in [1.54, 1.807) is 6.07 Å². The van der Waals surface area contributed by atoms with Crippen LogP contribution in [0.25, 0.3) is 0 Å². The summed E-state index contributed by atoms with van der Waals surface area (Å²) in [6.45, 7) is 4.76. The Morgan fingerprint density at radius 1 is 0.960 bits per heavy atom. The quantitative estimate of drug-likeness (QED) is 0.337. The van der Waals surface area contributed by atoms with E-state index in [0.717, 1.165) is 38.5 Å². The molecule has 1 amide bonds. The minimum absolute atomic E-state index is 0.0217. The maximum Gasteiger partial charge on any atom is 0.411 e. The third kappa shape index (κ3) is 7.92. The number of unbranched alkanes of at least 4 members (excludes halogenated alkanes) is 5. The van der Waals surface area contributed by atoms with Gasteiger partial charge in [-0.2, -0.15) is 0 Å². The number of anilines is 1. The highest BCUT2D eigenvalue weighted by atomic mass is 16.5. The van der Waals surface area contributed by atoms with Gasteiger partial charge in [-0.25, -0.2) is 9.59 Å². The fourth-order valence-corrected chi connectivity index (χ4v) is 2.21. The molecule has 0 aliphatic rings. The predicted molar refractivity (Wildman–Crippen MR) is 97.0 cm³/mol. The molecule has 0 unspecified atom stereocenters. The summed E-state index contributed by atoms with van der Waals surface area (Å²) in [6.07, 6.45) is 6.32. The van der Waals surface area contributed by atoms with Crippen molar-refractivity contribution in [3.63, 3.8) is 0 Å². The Morgan fingerprint density at radius 3 is 2.36 bits per heavy atom. The largest absolute Gasteiger partial charge is 0.505 e. The molecule has 0 saturated heterocycles. The van der Waals surface area contributed by atoms with Gasteiger partial charge >= 0.3 is 12.1 Å². The van der Waals surface area contributed by atoms with Crippen molar-refractivity contribution in [2.24, 2.45) is 0 Å². The first-order chi connectivity index (χ1) is 12.1. The van der Waals surface area contributed by atoms with E-state index < -0.39 is 12.1 Å². The number of carbonyl (C=O) groups excluding carboxylic acids is 2. The van der Waals surface area contributed by atoms with E-state index in [2.05, 4.69) is 12.2 Å². The summed E-state index contributed by atoms with van der Waals surface area (Å²) >= 11 is 0. The van der Waals surface area contributed by atoms with Crippen LogP contribution in [-0.4, -0.2) is 30.4 Å². The highest BCUT2D eigenvalue weighted by molar-refractivity contribution is 5.97. The molecule has 0 atom stereocenters. The smallest absolute Gasteiger partial charge is 0.411 e. The fourth-order valence-electron chi connectivity index (χ4n) is 2.21. The van der Waals surface area contributed by atoms with Crippen LogP contribution in [-0.2, 0) is 9.47 Å². The molecule has 1 aromatic carbocycles. The zero-order valence-electron chi connectivity index (χ0n) is 15.2. The molecule has 0 saturated carbocycles. The number of para-hydroxylation sites is 1. The molecule has 1 rings (SSSR count). The number of aromatic hydroxyl groups is 1. The normalized spacial score (nSPS) is 10.3. The number of ether oxygens (including phenoxy) is 2.